The second-order valence-electron chi connectivity index (χ2n) is 5.90. The number of anilines is 1. The largest absolute Gasteiger partial charge is 0.355 e. The summed E-state index contributed by atoms with van der Waals surface area (Å²) in [6.07, 6.45) is 1.67. The molecule has 3 heteroatoms. The monoisotopic (exact) mass is 316 g/mol. The van der Waals surface area contributed by atoms with Crippen LogP contribution in [0.15, 0.2) is 72.9 Å². The van der Waals surface area contributed by atoms with Crippen LogP contribution in [-0.4, -0.2) is 17.8 Å². The van der Waals surface area contributed by atoms with E-state index in [1.165, 1.54) is 5.56 Å². The molecule has 0 N–H and O–H groups in total. The smallest absolute Gasteiger partial charge is 0.194 e. The van der Waals surface area contributed by atoms with Gasteiger partial charge >= 0.3 is 0 Å². The average molecular weight is 316 g/mol. The summed E-state index contributed by atoms with van der Waals surface area (Å²) in [5.74, 6) is 0.895. The Labute approximate surface area is 142 Å². The van der Waals surface area contributed by atoms with Crippen LogP contribution in [0.4, 0.5) is 5.82 Å². The zero-order valence-corrected chi connectivity index (χ0v) is 13.9. The summed E-state index contributed by atoms with van der Waals surface area (Å²) in [4.78, 5) is 19.1. The van der Waals surface area contributed by atoms with E-state index in [0.717, 1.165) is 17.9 Å². The lowest BCUT2D eigenvalue weighted by molar-refractivity contribution is 0.103. The first kappa shape index (κ1) is 15.9. The first-order chi connectivity index (χ1) is 11.6. The van der Waals surface area contributed by atoms with Gasteiger partial charge in [0.15, 0.2) is 5.78 Å². The van der Waals surface area contributed by atoms with Gasteiger partial charge in [-0.3, -0.25) is 4.79 Å². The van der Waals surface area contributed by atoms with E-state index >= 15 is 0 Å². The molecule has 0 unspecified atom stereocenters. The van der Waals surface area contributed by atoms with Crippen LogP contribution in [0, 0.1) is 6.92 Å². The van der Waals surface area contributed by atoms with Gasteiger partial charge in [0, 0.05) is 30.9 Å². The average Bonchev–Trinajstić information content (AvgIpc) is 2.62. The second-order valence-corrected chi connectivity index (χ2v) is 5.90. The number of carbonyl (C=O) groups excluding carboxylic acids is 1. The lowest BCUT2D eigenvalue weighted by Crippen LogP contribution is -2.19. The molecule has 3 rings (SSSR count). The Hall–Kier alpha value is -2.94. The van der Waals surface area contributed by atoms with E-state index < -0.39 is 0 Å². The van der Waals surface area contributed by atoms with Crippen molar-refractivity contribution >= 4 is 11.6 Å². The summed E-state index contributed by atoms with van der Waals surface area (Å²) in [6, 6.07) is 21.5. The first-order valence-corrected chi connectivity index (χ1v) is 7.96. The highest BCUT2D eigenvalue weighted by Gasteiger charge is 2.13. The van der Waals surface area contributed by atoms with Crippen molar-refractivity contribution < 1.29 is 4.79 Å². The van der Waals surface area contributed by atoms with Crippen molar-refractivity contribution in [2.45, 2.75) is 13.5 Å². The summed E-state index contributed by atoms with van der Waals surface area (Å²) < 4.78 is 0. The number of ketones is 1. The molecule has 24 heavy (non-hydrogen) atoms. The Morgan fingerprint density at radius 3 is 2.21 bits per heavy atom. The van der Waals surface area contributed by atoms with Crippen molar-refractivity contribution in [3.05, 3.63) is 95.2 Å². The zero-order valence-electron chi connectivity index (χ0n) is 13.9. The van der Waals surface area contributed by atoms with Crippen LogP contribution >= 0.6 is 0 Å². The fraction of sp³-hybridized carbons (Fsp3) is 0.143. The topological polar surface area (TPSA) is 33.2 Å². The number of benzene rings is 2. The highest BCUT2D eigenvalue weighted by molar-refractivity contribution is 6.09. The van der Waals surface area contributed by atoms with Crippen LogP contribution < -0.4 is 4.90 Å². The van der Waals surface area contributed by atoms with Gasteiger partial charge < -0.3 is 4.90 Å². The van der Waals surface area contributed by atoms with Gasteiger partial charge in [-0.1, -0.05) is 60.7 Å². The van der Waals surface area contributed by atoms with Gasteiger partial charge in [-0.2, -0.15) is 0 Å². The molecule has 0 bridgehead atoms. The van der Waals surface area contributed by atoms with Crippen molar-refractivity contribution in [1.82, 2.24) is 4.98 Å². The summed E-state index contributed by atoms with van der Waals surface area (Å²) in [7, 11) is 2.01. The van der Waals surface area contributed by atoms with Crippen molar-refractivity contribution in [3.63, 3.8) is 0 Å². The lowest BCUT2D eigenvalue weighted by atomic mass is 10.0. The number of aromatic nitrogens is 1. The summed E-state index contributed by atoms with van der Waals surface area (Å²) in [6.45, 7) is 2.77. The number of aryl methyl sites for hydroxylation is 1. The summed E-state index contributed by atoms with van der Waals surface area (Å²) in [5.41, 5.74) is 3.53. The van der Waals surface area contributed by atoms with Gasteiger partial charge in [0.05, 0.1) is 0 Å². The van der Waals surface area contributed by atoms with Crippen LogP contribution in [0.2, 0.25) is 0 Å². The number of hydrogen-bond acceptors (Lipinski definition) is 3. The molecule has 120 valence electrons. The fourth-order valence-corrected chi connectivity index (χ4v) is 2.78. The molecule has 3 nitrogen and oxygen atoms in total. The third-order valence-electron chi connectivity index (χ3n) is 3.97. The van der Waals surface area contributed by atoms with Crippen molar-refractivity contribution in [3.8, 4) is 0 Å². The van der Waals surface area contributed by atoms with Gasteiger partial charge in [0.25, 0.3) is 0 Å². The van der Waals surface area contributed by atoms with E-state index in [2.05, 4.69) is 22.0 Å². The molecule has 0 spiro atoms. The van der Waals surface area contributed by atoms with Crippen LogP contribution in [0.1, 0.15) is 27.0 Å². The Morgan fingerprint density at radius 1 is 0.958 bits per heavy atom. The molecule has 1 heterocycles. The minimum absolute atomic E-state index is 0.00321. The number of nitrogens with zero attached hydrogens (tertiary/aromatic N) is 2. The van der Waals surface area contributed by atoms with E-state index in [9.17, 15) is 4.79 Å². The van der Waals surface area contributed by atoms with E-state index in [1.54, 1.807) is 6.20 Å². The van der Waals surface area contributed by atoms with Gasteiger partial charge in [0.2, 0.25) is 0 Å². The van der Waals surface area contributed by atoms with Gasteiger partial charge in [0.1, 0.15) is 5.82 Å². The third-order valence-corrected chi connectivity index (χ3v) is 3.97. The number of rotatable bonds is 5. The Kier molecular flexibility index (Phi) is 4.71. The first-order valence-electron chi connectivity index (χ1n) is 7.96. The van der Waals surface area contributed by atoms with Gasteiger partial charge in [-0.15, -0.1) is 0 Å². The number of carbonyl (C=O) groups is 1. The molecule has 1 aromatic heterocycles. The molecule has 0 aliphatic carbocycles. The summed E-state index contributed by atoms with van der Waals surface area (Å²) >= 11 is 0. The summed E-state index contributed by atoms with van der Waals surface area (Å²) in [5, 5.41) is 0. The molecule has 0 saturated carbocycles. The highest BCUT2D eigenvalue weighted by atomic mass is 16.1. The fourth-order valence-electron chi connectivity index (χ4n) is 2.78. The van der Waals surface area contributed by atoms with Crippen molar-refractivity contribution in [1.29, 1.82) is 0 Å². The maximum atomic E-state index is 12.5. The van der Waals surface area contributed by atoms with Gasteiger partial charge in [-0.25, -0.2) is 4.98 Å². The third kappa shape index (κ3) is 3.51. The molecule has 0 fully saturated rings. The second kappa shape index (κ2) is 7.09. The van der Waals surface area contributed by atoms with E-state index in [1.807, 2.05) is 68.6 Å². The molecular formula is C21H20N2O. The molecule has 0 radical (unpaired) electrons. The van der Waals surface area contributed by atoms with E-state index in [0.29, 0.717) is 11.1 Å². The number of pyridine rings is 1. The predicted octanol–water partition coefficient (Wildman–Crippen LogP) is 4.26. The van der Waals surface area contributed by atoms with Crippen LogP contribution in [0.3, 0.4) is 0 Å². The minimum Gasteiger partial charge on any atom is -0.355 e. The van der Waals surface area contributed by atoms with E-state index in [4.69, 9.17) is 0 Å². The molecule has 0 atom stereocenters. The molecule has 2 aromatic carbocycles. The molecular weight excluding hydrogens is 296 g/mol. The quantitative estimate of drug-likeness (QED) is 0.660. The normalized spacial score (nSPS) is 10.4. The van der Waals surface area contributed by atoms with Crippen molar-refractivity contribution in [2.75, 3.05) is 11.9 Å². The van der Waals surface area contributed by atoms with Gasteiger partial charge in [-0.05, 0) is 24.1 Å². The van der Waals surface area contributed by atoms with Crippen LogP contribution in [0.25, 0.3) is 0 Å². The highest BCUT2D eigenvalue weighted by Crippen LogP contribution is 2.20. The number of hydrogen-bond donors (Lipinski definition) is 0. The minimum atomic E-state index is 0.00321. The van der Waals surface area contributed by atoms with Crippen LogP contribution in [0.5, 0.6) is 0 Å². The molecule has 0 amide bonds. The standard InChI is InChI=1S/C21H20N2O/c1-16-13-19(20(24)18-11-7-4-8-12-18)14-22-21(16)23(2)15-17-9-5-3-6-10-17/h3-14H,15H2,1-2H3. The molecule has 0 aliphatic heterocycles. The van der Waals surface area contributed by atoms with E-state index in [-0.39, 0.29) is 5.78 Å². The Balaban J connectivity index is 1.81. The Morgan fingerprint density at radius 2 is 1.58 bits per heavy atom. The molecule has 0 aliphatic rings. The Bertz CT molecular complexity index is 829. The lowest BCUT2D eigenvalue weighted by Gasteiger charge is -2.20. The zero-order chi connectivity index (χ0) is 16.9. The molecule has 3 aromatic rings. The maximum absolute atomic E-state index is 12.5. The van der Waals surface area contributed by atoms with Crippen molar-refractivity contribution in [2.24, 2.45) is 0 Å². The predicted molar refractivity (Wildman–Crippen MR) is 97.4 cm³/mol. The van der Waals surface area contributed by atoms with Crippen LogP contribution in [-0.2, 0) is 6.54 Å². The molecule has 0 saturated heterocycles. The SMILES string of the molecule is Cc1cc(C(=O)c2ccccc2)cnc1N(C)Cc1ccccc1. The maximum Gasteiger partial charge on any atom is 0.194 e.